The number of halogens is 1. The molecule has 0 saturated carbocycles. The number of hydrogen-bond donors (Lipinski definition) is 1. The summed E-state index contributed by atoms with van der Waals surface area (Å²) in [7, 11) is 1.55. The van der Waals surface area contributed by atoms with E-state index >= 15 is 0 Å². The van der Waals surface area contributed by atoms with Crippen LogP contribution in [0, 0.1) is 5.92 Å². The molecule has 1 fully saturated rings. The summed E-state index contributed by atoms with van der Waals surface area (Å²) in [4.78, 5) is 31.7. The van der Waals surface area contributed by atoms with Gasteiger partial charge in [-0.3, -0.25) is 9.59 Å². The molecule has 0 unspecified atom stereocenters. The van der Waals surface area contributed by atoms with Crippen LogP contribution in [0.3, 0.4) is 0 Å². The molecule has 1 N–H and O–H groups in total. The normalized spacial score (nSPS) is 16.3. The molecule has 0 bridgehead atoms. The molecule has 0 spiro atoms. The summed E-state index contributed by atoms with van der Waals surface area (Å²) in [5, 5.41) is 3.41. The Morgan fingerprint density at radius 1 is 1.29 bits per heavy atom. The zero-order valence-corrected chi connectivity index (χ0v) is 18.1. The fraction of sp³-hybridized carbons (Fsp3) is 0.348. The van der Waals surface area contributed by atoms with E-state index in [1.54, 1.807) is 31.5 Å². The number of rotatable bonds is 6. The first-order valence-electron chi connectivity index (χ1n) is 10.4. The van der Waals surface area contributed by atoms with E-state index in [0.29, 0.717) is 41.5 Å². The minimum Gasteiger partial charge on any atom is -0.495 e. The van der Waals surface area contributed by atoms with Gasteiger partial charge in [-0.2, -0.15) is 0 Å². The van der Waals surface area contributed by atoms with Crippen LogP contribution >= 0.6 is 11.6 Å². The number of anilines is 1. The number of likely N-dealkylation sites (tertiary alicyclic amines) is 1. The van der Waals surface area contributed by atoms with Crippen molar-refractivity contribution >= 4 is 34.7 Å². The van der Waals surface area contributed by atoms with Crippen LogP contribution in [0.1, 0.15) is 36.2 Å². The van der Waals surface area contributed by atoms with Gasteiger partial charge in [0.1, 0.15) is 17.1 Å². The van der Waals surface area contributed by atoms with Crippen molar-refractivity contribution in [1.82, 2.24) is 14.3 Å². The number of methoxy groups -OCH3 is 1. The molecule has 2 amide bonds. The Morgan fingerprint density at radius 3 is 2.97 bits per heavy atom. The highest BCUT2D eigenvalue weighted by Crippen LogP contribution is 2.28. The van der Waals surface area contributed by atoms with E-state index in [9.17, 15) is 9.59 Å². The van der Waals surface area contributed by atoms with E-state index in [-0.39, 0.29) is 17.7 Å². The third kappa shape index (κ3) is 4.99. The molecular formula is C23H25ClN4O3. The van der Waals surface area contributed by atoms with Crippen molar-refractivity contribution in [1.29, 1.82) is 0 Å². The molecule has 0 aliphatic carbocycles. The van der Waals surface area contributed by atoms with Crippen molar-refractivity contribution < 1.29 is 14.3 Å². The quantitative estimate of drug-likeness (QED) is 0.621. The topological polar surface area (TPSA) is 75.9 Å². The fourth-order valence-electron chi connectivity index (χ4n) is 4.01. The standard InChI is InChI=1S/C23H25ClN4O3/c1-31-20-9-8-17(24)13-18(20)26-22(29)10-7-16-5-4-12-28(14-16)23(30)19-15-27-11-3-2-6-21(27)25-19/h2-3,6,8-9,11,13,15-16H,4-5,7,10,12,14H2,1H3,(H,26,29)/t16-/m1/s1. The maximum Gasteiger partial charge on any atom is 0.274 e. The van der Waals surface area contributed by atoms with Gasteiger partial charge < -0.3 is 19.4 Å². The van der Waals surface area contributed by atoms with Gasteiger partial charge in [-0.25, -0.2) is 4.98 Å². The summed E-state index contributed by atoms with van der Waals surface area (Å²) < 4.78 is 7.13. The number of imidazole rings is 1. The number of benzene rings is 1. The van der Waals surface area contributed by atoms with Crippen LogP contribution < -0.4 is 10.1 Å². The monoisotopic (exact) mass is 440 g/mol. The van der Waals surface area contributed by atoms with Gasteiger partial charge in [-0.15, -0.1) is 0 Å². The zero-order valence-electron chi connectivity index (χ0n) is 17.4. The Labute approximate surface area is 186 Å². The lowest BCUT2D eigenvalue weighted by Crippen LogP contribution is -2.40. The van der Waals surface area contributed by atoms with Crippen molar-refractivity contribution in [3.63, 3.8) is 0 Å². The lowest BCUT2D eigenvalue weighted by Gasteiger charge is -2.32. The number of piperidine rings is 1. The Balaban J connectivity index is 1.33. The molecule has 3 heterocycles. The Morgan fingerprint density at radius 2 is 2.16 bits per heavy atom. The SMILES string of the molecule is COc1ccc(Cl)cc1NC(=O)CC[C@H]1CCCN(C(=O)c2cn3ccccc3n2)C1. The lowest BCUT2D eigenvalue weighted by atomic mass is 9.93. The molecule has 1 saturated heterocycles. The van der Waals surface area contributed by atoms with Crippen molar-refractivity contribution in [2.24, 2.45) is 5.92 Å². The zero-order chi connectivity index (χ0) is 21.8. The second kappa shape index (κ2) is 9.39. The van der Waals surface area contributed by atoms with Crippen molar-refractivity contribution in [3.8, 4) is 5.75 Å². The molecular weight excluding hydrogens is 416 g/mol. The second-order valence-electron chi connectivity index (χ2n) is 7.78. The highest BCUT2D eigenvalue weighted by atomic mass is 35.5. The minimum atomic E-state index is -0.0932. The van der Waals surface area contributed by atoms with Crippen molar-refractivity contribution in [3.05, 3.63) is 59.5 Å². The van der Waals surface area contributed by atoms with Gasteiger partial charge in [0.05, 0.1) is 12.8 Å². The first-order chi connectivity index (χ1) is 15.0. The third-order valence-electron chi connectivity index (χ3n) is 5.60. The number of carbonyl (C=O) groups excluding carboxylic acids is 2. The van der Waals surface area contributed by atoms with Crippen LogP contribution in [-0.4, -0.2) is 46.3 Å². The summed E-state index contributed by atoms with van der Waals surface area (Å²) >= 11 is 6.03. The number of fused-ring (bicyclic) bond motifs is 1. The Bertz CT molecular complexity index is 1060. The van der Waals surface area contributed by atoms with Gasteiger partial charge in [0.25, 0.3) is 5.91 Å². The molecule has 0 radical (unpaired) electrons. The molecule has 7 nitrogen and oxygen atoms in total. The number of nitrogens with zero attached hydrogens (tertiary/aromatic N) is 3. The fourth-order valence-corrected chi connectivity index (χ4v) is 4.18. The largest absolute Gasteiger partial charge is 0.495 e. The number of carbonyl (C=O) groups is 2. The molecule has 162 valence electrons. The number of pyridine rings is 1. The van der Waals surface area contributed by atoms with Gasteiger partial charge in [-0.1, -0.05) is 17.7 Å². The van der Waals surface area contributed by atoms with E-state index in [0.717, 1.165) is 25.0 Å². The third-order valence-corrected chi connectivity index (χ3v) is 5.84. The van der Waals surface area contributed by atoms with E-state index in [2.05, 4.69) is 10.3 Å². The number of amides is 2. The summed E-state index contributed by atoms with van der Waals surface area (Å²) in [5.74, 6) is 0.701. The highest BCUT2D eigenvalue weighted by molar-refractivity contribution is 6.31. The number of hydrogen-bond acceptors (Lipinski definition) is 4. The molecule has 1 atom stereocenters. The molecule has 4 rings (SSSR count). The van der Waals surface area contributed by atoms with Crippen LogP contribution in [0.2, 0.25) is 5.02 Å². The molecule has 1 aliphatic rings. The van der Waals surface area contributed by atoms with E-state index in [1.807, 2.05) is 33.7 Å². The first kappa shape index (κ1) is 21.2. The molecule has 1 aromatic carbocycles. The maximum atomic E-state index is 12.9. The minimum absolute atomic E-state index is 0.0542. The van der Waals surface area contributed by atoms with Gasteiger partial charge in [0, 0.05) is 36.9 Å². The first-order valence-corrected chi connectivity index (χ1v) is 10.8. The molecule has 8 heteroatoms. The van der Waals surface area contributed by atoms with Gasteiger partial charge >= 0.3 is 0 Å². The van der Waals surface area contributed by atoms with Crippen LogP contribution in [0.15, 0.2) is 48.8 Å². The highest BCUT2D eigenvalue weighted by Gasteiger charge is 2.26. The van der Waals surface area contributed by atoms with E-state index in [1.165, 1.54) is 0 Å². The lowest BCUT2D eigenvalue weighted by molar-refractivity contribution is -0.116. The predicted molar refractivity (Wildman–Crippen MR) is 120 cm³/mol. The molecule has 3 aromatic rings. The Hall–Kier alpha value is -3.06. The summed E-state index contributed by atoms with van der Waals surface area (Å²) in [5.41, 5.74) is 1.78. The van der Waals surface area contributed by atoms with Crippen LogP contribution in [0.4, 0.5) is 5.69 Å². The van der Waals surface area contributed by atoms with Crippen molar-refractivity contribution in [2.75, 3.05) is 25.5 Å². The van der Waals surface area contributed by atoms with Gasteiger partial charge in [-0.05, 0) is 55.5 Å². The van der Waals surface area contributed by atoms with Crippen LogP contribution in [0.25, 0.3) is 5.65 Å². The maximum absolute atomic E-state index is 12.9. The van der Waals surface area contributed by atoms with Crippen LogP contribution in [0.5, 0.6) is 5.75 Å². The Kier molecular flexibility index (Phi) is 6.42. The van der Waals surface area contributed by atoms with E-state index in [4.69, 9.17) is 16.3 Å². The predicted octanol–water partition coefficient (Wildman–Crippen LogP) is 4.27. The van der Waals surface area contributed by atoms with Gasteiger partial charge in [0.2, 0.25) is 5.91 Å². The van der Waals surface area contributed by atoms with Crippen molar-refractivity contribution in [2.45, 2.75) is 25.7 Å². The number of nitrogens with one attached hydrogen (secondary N) is 1. The second-order valence-corrected chi connectivity index (χ2v) is 8.22. The van der Waals surface area contributed by atoms with Gasteiger partial charge in [0.15, 0.2) is 0 Å². The summed E-state index contributed by atoms with van der Waals surface area (Å²) in [6.07, 6.45) is 6.66. The summed E-state index contributed by atoms with van der Waals surface area (Å²) in [6, 6.07) is 10.8. The van der Waals surface area contributed by atoms with E-state index < -0.39 is 0 Å². The molecule has 31 heavy (non-hydrogen) atoms. The average Bonchev–Trinajstić information content (AvgIpc) is 3.22. The number of ether oxygens (including phenoxy) is 1. The van der Waals surface area contributed by atoms with Crippen LogP contribution in [-0.2, 0) is 4.79 Å². The molecule has 1 aliphatic heterocycles. The number of aromatic nitrogens is 2. The average molecular weight is 441 g/mol. The molecule has 2 aromatic heterocycles. The smallest absolute Gasteiger partial charge is 0.274 e. The summed E-state index contributed by atoms with van der Waals surface area (Å²) in [6.45, 7) is 1.36.